The second-order valence-electron chi connectivity index (χ2n) is 4.03. The molecule has 1 aromatic heterocycles. The number of allylic oxidation sites excluding steroid dienone is 1. The first-order chi connectivity index (χ1) is 8.74. The van der Waals surface area contributed by atoms with Crippen molar-refractivity contribution in [1.29, 1.82) is 0 Å². The number of H-pyrrole nitrogens is 1. The maximum absolute atomic E-state index is 11.9. The number of fused-ring (bicyclic) bond motifs is 1. The Bertz CT molecular complexity index is 619. The lowest BCUT2D eigenvalue weighted by Crippen LogP contribution is -2.11. The fourth-order valence-corrected chi connectivity index (χ4v) is 2.51. The Balaban J connectivity index is 2.46. The quantitative estimate of drug-likeness (QED) is 0.663. The van der Waals surface area contributed by atoms with Gasteiger partial charge in [-0.3, -0.25) is 4.79 Å². The average molecular weight is 260 g/mol. The Kier molecular flexibility index (Phi) is 4.20. The van der Waals surface area contributed by atoms with E-state index in [-0.39, 0.29) is 5.56 Å². The third kappa shape index (κ3) is 2.82. The van der Waals surface area contributed by atoms with Crippen LogP contribution in [0.4, 0.5) is 0 Å². The van der Waals surface area contributed by atoms with Gasteiger partial charge in [0.1, 0.15) is 5.82 Å². The zero-order valence-corrected chi connectivity index (χ0v) is 11.2. The summed E-state index contributed by atoms with van der Waals surface area (Å²) in [5, 5.41) is 0.642. The lowest BCUT2D eigenvalue weighted by molar-refractivity contribution is 0.994. The van der Waals surface area contributed by atoms with Crippen molar-refractivity contribution in [3.05, 3.63) is 47.0 Å². The summed E-state index contributed by atoms with van der Waals surface area (Å²) in [6.07, 6.45) is 3.45. The Labute approximate surface area is 110 Å². The van der Waals surface area contributed by atoms with E-state index >= 15 is 0 Å². The molecule has 0 aliphatic carbocycles. The fraction of sp³-hybridized carbons (Fsp3) is 0.286. The molecule has 0 atom stereocenters. The minimum Gasteiger partial charge on any atom is -0.310 e. The normalized spacial score (nSPS) is 10.7. The van der Waals surface area contributed by atoms with Gasteiger partial charge in [0.25, 0.3) is 5.56 Å². The van der Waals surface area contributed by atoms with E-state index in [1.807, 2.05) is 18.2 Å². The molecule has 0 bridgehead atoms. The minimum absolute atomic E-state index is 0.0797. The van der Waals surface area contributed by atoms with Crippen molar-refractivity contribution in [3.8, 4) is 0 Å². The number of nitrogens with one attached hydrogen (secondary N) is 1. The molecule has 0 radical (unpaired) electrons. The van der Waals surface area contributed by atoms with Gasteiger partial charge in [-0.25, -0.2) is 4.98 Å². The molecule has 1 aromatic carbocycles. The van der Waals surface area contributed by atoms with Crippen molar-refractivity contribution >= 4 is 22.7 Å². The Hall–Kier alpha value is -1.55. The molecule has 0 spiro atoms. The smallest absolute Gasteiger partial charge is 0.258 e. The molecule has 3 nitrogen and oxygen atoms in total. The number of hydrogen-bond donors (Lipinski definition) is 1. The largest absolute Gasteiger partial charge is 0.310 e. The Morgan fingerprint density at radius 1 is 1.50 bits per heavy atom. The molecule has 2 aromatic rings. The van der Waals surface area contributed by atoms with Crippen molar-refractivity contribution in [3.63, 3.8) is 0 Å². The summed E-state index contributed by atoms with van der Waals surface area (Å²) in [6.45, 7) is 5.81. The van der Waals surface area contributed by atoms with Crippen LogP contribution >= 0.6 is 11.8 Å². The lowest BCUT2D eigenvalue weighted by atomic mass is 10.2. The predicted molar refractivity (Wildman–Crippen MR) is 77.3 cm³/mol. The van der Waals surface area contributed by atoms with Gasteiger partial charge in [0.2, 0.25) is 0 Å². The third-order valence-electron chi connectivity index (χ3n) is 2.54. The molecule has 0 amide bonds. The number of aromatic nitrogens is 2. The summed E-state index contributed by atoms with van der Waals surface area (Å²) < 4.78 is 0. The first-order valence-electron chi connectivity index (χ1n) is 6.01. The number of benzene rings is 1. The highest BCUT2D eigenvalue weighted by Crippen LogP contribution is 2.21. The fourth-order valence-electron chi connectivity index (χ4n) is 1.71. The standard InChI is InChI=1S/C14H16N2OS/c1-3-5-13-15-12-9-10(18-8-4-2)6-7-11(12)14(17)16-13/h3,6-7,9H,1,4-5,8H2,2H3,(H,15,16,17). The topological polar surface area (TPSA) is 45.8 Å². The highest BCUT2D eigenvalue weighted by Gasteiger charge is 2.04. The van der Waals surface area contributed by atoms with Gasteiger partial charge in [0.05, 0.1) is 10.9 Å². The van der Waals surface area contributed by atoms with Gasteiger partial charge in [-0.1, -0.05) is 13.0 Å². The van der Waals surface area contributed by atoms with E-state index in [9.17, 15) is 4.79 Å². The van der Waals surface area contributed by atoms with Crippen LogP contribution in [0.5, 0.6) is 0 Å². The van der Waals surface area contributed by atoms with Crippen molar-refractivity contribution < 1.29 is 0 Å². The van der Waals surface area contributed by atoms with Gasteiger partial charge < -0.3 is 4.98 Å². The summed E-state index contributed by atoms with van der Waals surface area (Å²) in [6, 6.07) is 5.81. The molecule has 18 heavy (non-hydrogen) atoms. The molecule has 94 valence electrons. The van der Waals surface area contributed by atoms with Crippen molar-refractivity contribution in [2.24, 2.45) is 0 Å². The van der Waals surface area contributed by atoms with Gasteiger partial charge in [-0.2, -0.15) is 0 Å². The zero-order chi connectivity index (χ0) is 13.0. The van der Waals surface area contributed by atoms with E-state index in [1.54, 1.807) is 17.8 Å². The number of hydrogen-bond acceptors (Lipinski definition) is 3. The molecule has 0 aliphatic rings. The molecule has 0 unspecified atom stereocenters. The first-order valence-corrected chi connectivity index (χ1v) is 6.99. The summed E-state index contributed by atoms with van der Waals surface area (Å²) in [7, 11) is 0. The SMILES string of the molecule is C=CCc1nc2cc(SCCC)ccc2c(=O)[nH]1. The van der Waals surface area contributed by atoms with E-state index in [1.165, 1.54) is 0 Å². The van der Waals surface area contributed by atoms with Crippen LogP contribution in [0.3, 0.4) is 0 Å². The summed E-state index contributed by atoms with van der Waals surface area (Å²) in [5.41, 5.74) is 0.681. The molecule has 0 fully saturated rings. The van der Waals surface area contributed by atoms with Gasteiger partial charge in [0, 0.05) is 11.3 Å². The maximum atomic E-state index is 11.9. The van der Waals surface area contributed by atoms with Gasteiger partial charge in [-0.05, 0) is 30.4 Å². The van der Waals surface area contributed by atoms with Gasteiger partial charge in [0.15, 0.2) is 0 Å². The summed E-state index contributed by atoms with van der Waals surface area (Å²) in [5.74, 6) is 1.74. The van der Waals surface area contributed by atoms with Gasteiger partial charge >= 0.3 is 0 Å². The molecule has 0 saturated carbocycles. The third-order valence-corrected chi connectivity index (χ3v) is 3.74. The van der Waals surface area contributed by atoms with Gasteiger partial charge in [-0.15, -0.1) is 18.3 Å². The van der Waals surface area contributed by atoms with Crippen molar-refractivity contribution in [2.75, 3.05) is 5.75 Å². The van der Waals surface area contributed by atoms with E-state index in [0.29, 0.717) is 17.6 Å². The molecular weight excluding hydrogens is 244 g/mol. The maximum Gasteiger partial charge on any atom is 0.258 e. The second kappa shape index (κ2) is 5.87. The summed E-state index contributed by atoms with van der Waals surface area (Å²) in [4.78, 5) is 20.2. The summed E-state index contributed by atoms with van der Waals surface area (Å²) >= 11 is 1.79. The zero-order valence-electron chi connectivity index (χ0n) is 10.4. The highest BCUT2D eigenvalue weighted by atomic mass is 32.2. The lowest BCUT2D eigenvalue weighted by Gasteiger charge is -2.03. The molecule has 0 saturated heterocycles. The van der Waals surface area contributed by atoms with Crippen molar-refractivity contribution in [1.82, 2.24) is 9.97 Å². The van der Waals surface area contributed by atoms with Crippen LogP contribution in [0, 0.1) is 0 Å². The van der Waals surface area contributed by atoms with Crippen LogP contribution in [0.1, 0.15) is 19.2 Å². The Morgan fingerprint density at radius 2 is 2.33 bits per heavy atom. The van der Waals surface area contributed by atoms with E-state index in [4.69, 9.17) is 0 Å². The molecule has 1 heterocycles. The number of thioether (sulfide) groups is 1. The average Bonchev–Trinajstić information content (AvgIpc) is 2.36. The van der Waals surface area contributed by atoms with E-state index in [2.05, 4.69) is 23.5 Å². The van der Waals surface area contributed by atoms with Crippen molar-refractivity contribution in [2.45, 2.75) is 24.7 Å². The highest BCUT2D eigenvalue weighted by molar-refractivity contribution is 7.99. The number of rotatable bonds is 5. The molecule has 0 aliphatic heterocycles. The second-order valence-corrected chi connectivity index (χ2v) is 5.20. The molecular formula is C14H16N2OS. The Morgan fingerprint density at radius 3 is 3.06 bits per heavy atom. The van der Waals surface area contributed by atoms with E-state index in [0.717, 1.165) is 22.6 Å². The van der Waals surface area contributed by atoms with Crippen LogP contribution in [0.25, 0.3) is 10.9 Å². The van der Waals surface area contributed by atoms with Crippen LogP contribution in [-0.2, 0) is 6.42 Å². The number of aromatic amines is 1. The monoisotopic (exact) mass is 260 g/mol. The molecule has 4 heteroatoms. The van der Waals surface area contributed by atoms with Crippen LogP contribution in [0.15, 0.2) is 40.5 Å². The van der Waals surface area contributed by atoms with Crippen LogP contribution < -0.4 is 5.56 Å². The molecule has 2 rings (SSSR count). The van der Waals surface area contributed by atoms with E-state index < -0.39 is 0 Å². The first kappa shape index (κ1) is 12.9. The minimum atomic E-state index is -0.0797. The molecule has 1 N–H and O–H groups in total. The van der Waals surface area contributed by atoms with Crippen LogP contribution in [0.2, 0.25) is 0 Å². The van der Waals surface area contributed by atoms with Crippen LogP contribution in [-0.4, -0.2) is 15.7 Å². The predicted octanol–water partition coefficient (Wildman–Crippen LogP) is 3.15. The number of nitrogens with zero attached hydrogens (tertiary/aromatic N) is 1.